The maximum atomic E-state index is 13.0. The molecule has 112 valence electrons. The number of ether oxygens (including phenoxy) is 1. The minimum absolute atomic E-state index is 0.143. The van der Waals surface area contributed by atoms with Gasteiger partial charge in [-0.15, -0.1) is 0 Å². The number of halogens is 3. The lowest BCUT2D eigenvalue weighted by Crippen LogP contribution is -2.28. The third kappa shape index (κ3) is 4.33. The number of benzene rings is 1. The molecule has 0 saturated heterocycles. The predicted molar refractivity (Wildman–Crippen MR) is 73.5 cm³/mol. The average Bonchev–Trinajstić information content (AvgIpc) is 2.33. The van der Waals surface area contributed by atoms with E-state index in [0.29, 0.717) is 5.75 Å². The SMILES string of the molecule is COc1ccc(/C(=N\[S@@](=O)C(C)(C)C)C(F)(F)F)cc1. The molecule has 0 aliphatic carbocycles. The summed E-state index contributed by atoms with van der Waals surface area (Å²) in [4.78, 5) is 0. The second-order valence-electron chi connectivity index (χ2n) is 5.03. The Labute approximate surface area is 118 Å². The largest absolute Gasteiger partial charge is 0.497 e. The van der Waals surface area contributed by atoms with Crippen LogP contribution >= 0.6 is 0 Å². The fourth-order valence-corrected chi connectivity index (χ4v) is 1.89. The summed E-state index contributed by atoms with van der Waals surface area (Å²) in [5.41, 5.74) is -1.29. The number of methoxy groups -OCH3 is 1. The first-order valence-corrected chi connectivity index (χ1v) is 6.88. The molecular formula is C13H16F3NO2S. The van der Waals surface area contributed by atoms with E-state index in [4.69, 9.17) is 4.74 Å². The molecule has 7 heteroatoms. The van der Waals surface area contributed by atoms with Crippen LogP contribution in [0.25, 0.3) is 0 Å². The summed E-state index contributed by atoms with van der Waals surface area (Å²) in [6.45, 7) is 4.69. The lowest BCUT2D eigenvalue weighted by atomic mass is 10.1. The molecule has 3 nitrogen and oxygen atoms in total. The van der Waals surface area contributed by atoms with Crippen LogP contribution in [-0.2, 0) is 11.0 Å². The molecular weight excluding hydrogens is 291 g/mol. The molecule has 0 amide bonds. The van der Waals surface area contributed by atoms with Gasteiger partial charge in [0.1, 0.15) is 16.7 Å². The molecule has 1 aromatic rings. The zero-order valence-corrected chi connectivity index (χ0v) is 12.4. The van der Waals surface area contributed by atoms with Crippen molar-refractivity contribution in [3.63, 3.8) is 0 Å². The maximum absolute atomic E-state index is 13.0. The molecule has 0 spiro atoms. The van der Waals surface area contributed by atoms with E-state index in [0.717, 1.165) is 0 Å². The smallest absolute Gasteiger partial charge is 0.434 e. The highest BCUT2D eigenvalue weighted by Gasteiger charge is 2.38. The normalized spacial score (nSPS) is 15.1. The molecule has 0 heterocycles. The van der Waals surface area contributed by atoms with Gasteiger partial charge in [-0.05, 0) is 45.0 Å². The van der Waals surface area contributed by atoms with Gasteiger partial charge < -0.3 is 4.74 Å². The molecule has 0 aliphatic heterocycles. The minimum Gasteiger partial charge on any atom is -0.497 e. The summed E-state index contributed by atoms with van der Waals surface area (Å²) in [6, 6.07) is 5.28. The summed E-state index contributed by atoms with van der Waals surface area (Å²) in [7, 11) is -0.566. The second-order valence-corrected chi connectivity index (χ2v) is 6.93. The van der Waals surface area contributed by atoms with Gasteiger partial charge in [0.25, 0.3) is 0 Å². The Bertz CT molecular complexity index is 516. The van der Waals surface area contributed by atoms with Crippen molar-refractivity contribution in [1.29, 1.82) is 0 Å². The Kier molecular flexibility index (Phi) is 4.96. The summed E-state index contributed by atoms with van der Waals surface area (Å²) < 4.78 is 58.3. The van der Waals surface area contributed by atoms with Crippen molar-refractivity contribution >= 4 is 16.7 Å². The van der Waals surface area contributed by atoms with Crippen molar-refractivity contribution in [2.75, 3.05) is 7.11 Å². The van der Waals surface area contributed by atoms with Crippen molar-refractivity contribution in [2.45, 2.75) is 31.7 Å². The first-order chi connectivity index (χ1) is 9.05. The van der Waals surface area contributed by atoms with Crippen LogP contribution in [0.5, 0.6) is 5.75 Å². The Morgan fingerprint density at radius 2 is 1.65 bits per heavy atom. The van der Waals surface area contributed by atoms with Crippen LogP contribution < -0.4 is 4.74 Å². The first kappa shape index (κ1) is 16.7. The molecule has 0 aromatic heterocycles. The van der Waals surface area contributed by atoms with Gasteiger partial charge in [0.15, 0.2) is 5.71 Å². The van der Waals surface area contributed by atoms with E-state index < -0.39 is 27.6 Å². The zero-order chi connectivity index (χ0) is 15.6. The van der Waals surface area contributed by atoms with Crippen molar-refractivity contribution in [3.8, 4) is 5.75 Å². The Morgan fingerprint density at radius 3 is 2.00 bits per heavy atom. The molecule has 0 unspecified atom stereocenters. The molecule has 0 saturated carbocycles. The topological polar surface area (TPSA) is 38.7 Å². The van der Waals surface area contributed by atoms with Gasteiger partial charge in [0.2, 0.25) is 0 Å². The molecule has 20 heavy (non-hydrogen) atoms. The summed E-state index contributed by atoms with van der Waals surface area (Å²) in [5.74, 6) is 0.437. The van der Waals surface area contributed by atoms with Gasteiger partial charge in [-0.2, -0.15) is 17.6 Å². The van der Waals surface area contributed by atoms with Gasteiger partial charge in [-0.3, -0.25) is 0 Å². The van der Waals surface area contributed by atoms with Crippen LogP contribution in [0.1, 0.15) is 26.3 Å². The molecule has 0 aliphatic rings. The monoisotopic (exact) mass is 307 g/mol. The summed E-state index contributed by atoms with van der Waals surface area (Å²) >= 11 is 0. The minimum atomic E-state index is -4.67. The maximum Gasteiger partial charge on any atom is 0.434 e. The predicted octanol–water partition coefficient (Wildman–Crippen LogP) is 3.51. The van der Waals surface area contributed by atoms with Crippen molar-refractivity contribution < 1.29 is 22.1 Å². The Balaban J connectivity index is 3.26. The van der Waals surface area contributed by atoms with Gasteiger partial charge in [0, 0.05) is 5.56 Å². The van der Waals surface area contributed by atoms with Gasteiger partial charge >= 0.3 is 6.18 Å². The standard InChI is InChI=1S/C13H16F3NO2S/c1-12(2,3)20(18)17-11(13(14,15)16)9-5-7-10(19-4)8-6-9/h5-8H,1-4H3/b17-11+/t20-/m0/s1. The second kappa shape index (κ2) is 5.95. The van der Waals surface area contributed by atoms with E-state index in [-0.39, 0.29) is 5.56 Å². The van der Waals surface area contributed by atoms with E-state index in [1.165, 1.54) is 31.4 Å². The number of rotatable bonds is 3. The van der Waals surface area contributed by atoms with Crippen LogP contribution in [0.4, 0.5) is 13.2 Å². The highest BCUT2D eigenvalue weighted by molar-refractivity contribution is 7.85. The Morgan fingerprint density at radius 1 is 1.15 bits per heavy atom. The fraction of sp³-hybridized carbons (Fsp3) is 0.462. The molecule has 0 fully saturated rings. The van der Waals surface area contributed by atoms with Gasteiger partial charge in [-0.25, -0.2) is 4.21 Å². The van der Waals surface area contributed by atoms with Crippen LogP contribution in [0.15, 0.2) is 28.7 Å². The van der Waals surface area contributed by atoms with E-state index in [1.807, 2.05) is 0 Å². The number of nitrogens with zero attached hydrogens (tertiary/aromatic N) is 1. The third-order valence-corrected chi connectivity index (χ3v) is 3.73. The molecule has 0 N–H and O–H groups in total. The zero-order valence-electron chi connectivity index (χ0n) is 11.6. The molecule has 1 atom stereocenters. The number of hydrogen-bond acceptors (Lipinski definition) is 2. The highest BCUT2D eigenvalue weighted by Crippen LogP contribution is 2.26. The number of hydrogen-bond donors (Lipinski definition) is 0. The fourth-order valence-electron chi connectivity index (χ4n) is 1.24. The third-order valence-electron chi connectivity index (χ3n) is 2.33. The van der Waals surface area contributed by atoms with E-state index in [1.54, 1.807) is 20.8 Å². The van der Waals surface area contributed by atoms with Gasteiger partial charge in [0.05, 0.1) is 11.9 Å². The quantitative estimate of drug-likeness (QED) is 0.802. The molecule has 1 rings (SSSR count). The van der Waals surface area contributed by atoms with E-state index >= 15 is 0 Å². The van der Waals surface area contributed by atoms with E-state index in [2.05, 4.69) is 4.40 Å². The van der Waals surface area contributed by atoms with Crippen molar-refractivity contribution in [1.82, 2.24) is 0 Å². The molecule has 0 bridgehead atoms. The van der Waals surface area contributed by atoms with Crippen LogP contribution in [-0.4, -0.2) is 28.0 Å². The lowest BCUT2D eigenvalue weighted by Gasteiger charge is -2.16. The van der Waals surface area contributed by atoms with Crippen LogP contribution in [0.2, 0.25) is 0 Å². The van der Waals surface area contributed by atoms with E-state index in [9.17, 15) is 17.4 Å². The molecule has 0 radical (unpaired) electrons. The Hall–Kier alpha value is -1.37. The van der Waals surface area contributed by atoms with Crippen molar-refractivity contribution in [2.24, 2.45) is 4.40 Å². The summed E-state index contributed by atoms with van der Waals surface area (Å²) in [5, 5.41) is 0. The van der Waals surface area contributed by atoms with Crippen LogP contribution in [0.3, 0.4) is 0 Å². The lowest BCUT2D eigenvalue weighted by molar-refractivity contribution is -0.0578. The molecule has 1 aromatic carbocycles. The average molecular weight is 307 g/mol. The van der Waals surface area contributed by atoms with Gasteiger partial charge in [-0.1, -0.05) is 0 Å². The highest BCUT2D eigenvalue weighted by atomic mass is 32.2. The number of alkyl halides is 3. The van der Waals surface area contributed by atoms with Crippen molar-refractivity contribution in [3.05, 3.63) is 29.8 Å². The first-order valence-electron chi connectivity index (χ1n) is 5.78. The summed E-state index contributed by atoms with van der Waals surface area (Å²) in [6.07, 6.45) is -4.67. The van der Waals surface area contributed by atoms with Crippen LogP contribution in [0, 0.1) is 0 Å².